The maximum atomic E-state index is 4.58. The van der Waals surface area contributed by atoms with Crippen LogP contribution in [0.2, 0.25) is 0 Å². The van der Waals surface area contributed by atoms with Gasteiger partial charge >= 0.3 is 0 Å². The van der Waals surface area contributed by atoms with Crippen molar-refractivity contribution in [1.29, 1.82) is 0 Å². The lowest BCUT2D eigenvalue weighted by Gasteiger charge is -2.28. The van der Waals surface area contributed by atoms with Gasteiger partial charge in [-0.2, -0.15) is 5.10 Å². The van der Waals surface area contributed by atoms with Crippen LogP contribution in [0.15, 0.2) is 6.07 Å². The van der Waals surface area contributed by atoms with Crippen LogP contribution in [0.5, 0.6) is 0 Å². The molecular formula is C17H31N3. The first-order valence-electron chi connectivity index (χ1n) is 8.45. The first-order chi connectivity index (χ1) is 9.74. The molecule has 1 N–H and O–H groups in total. The fraction of sp³-hybridized carbons (Fsp3) is 0.824. The minimum atomic E-state index is 0.606. The zero-order valence-electron chi connectivity index (χ0n) is 13.5. The van der Waals surface area contributed by atoms with Gasteiger partial charge in [-0.05, 0) is 45.7 Å². The van der Waals surface area contributed by atoms with E-state index < -0.39 is 0 Å². The standard InChI is InChI=1S/C17H31N3/c1-4-20-16(12-14(2)19-20)13-17(18-3)15-10-8-6-5-7-9-11-15/h12,15,17-18H,4-11,13H2,1-3H3. The van der Waals surface area contributed by atoms with Crippen LogP contribution in [-0.4, -0.2) is 22.9 Å². The predicted molar refractivity (Wildman–Crippen MR) is 85.0 cm³/mol. The summed E-state index contributed by atoms with van der Waals surface area (Å²) >= 11 is 0. The molecule has 114 valence electrons. The normalized spacial score (nSPS) is 19.6. The zero-order chi connectivity index (χ0) is 14.4. The molecule has 0 bridgehead atoms. The van der Waals surface area contributed by atoms with Gasteiger partial charge in [0.25, 0.3) is 0 Å². The van der Waals surface area contributed by atoms with Crippen LogP contribution in [0.1, 0.15) is 63.3 Å². The minimum absolute atomic E-state index is 0.606. The molecule has 1 aliphatic carbocycles. The van der Waals surface area contributed by atoms with E-state index in [-0.39, 0.29) is 0 Å². The topological polar surface area (TPSA) is 29.9 Å². The highest BCUT2D eigenvalue weighted by atomic mass is 15.3. The molecule has 3 heteroatoms. The molecule has 1 saturated carbocycles. The van der Waals surface area contributed by atoms with Crippen LogP contribution in [0, 0.1) is 12.8 Å². The minimum Gasteiger partial charge on any atom is -0.316 e. The molecule has 2 rings (SSSR count). The third-order valence-electron chi connectivity index (χ3n) is 4.80. The Balaban J connectivity index is 2.02. The fourth-order valence-electron chi connectivity index (χ4n) is 3.66. The van der Waals surface area contributed by atoms with Crippen LogP contribution in [0.4, 0.5) is 0 Å². The summed E-state index contributed by atoms with van der Waals surface area (Å²) in [5, 5.41) is 8.17. The number of aryl methyl sites for hydroxylation is 2. The molecule has 0 spiro atoms. The van der Waals surface area contributed by atoms with Crippen molar-refractivity contribution >= 4 is 0 Å². The van der Waals surface area contributed by atoms with E-state index in [0.717, 1.165) is 24.6 Å². The lowest BCUT2D eigenvalue weighted by molar-refractivity contribution is 0.290. The van der Waals surface area contributed by atoms with Crippen molar-refractivity contribution in [3.63, 3.8) is 0 Å². The van der Waals surface area contributed by atoms with Crippen molar-refractivity contribution in [3.05, 3.63) is 17.5 Å². The van der Waals surface area contributed by atoms with Crippen LogP contribution < -0.4 is 5.32 Å². The van der Waals surface area contributed by atoms with Crippen LogP contribution in [0.3, 0.4) is 0 Å². The van der Waals surface area contributed by atoms with E-state index in [2.05, 4.69) is 42.1 Å². The average Bonchev–Trinajstić information content (AvgIpc) is 2.76. The van der Waals surface area contributed by atoms with E-state index in [0.29, 0.717) is 6.04 Å². The number of nitrogens with one attached hydrogen (secondary N) is 1. The lowest BCUT2D eigenvalue weighted by atomic mass is 9.84. The summed E-state index contributed by atoms with van der Waals surface area (Å²) in [4.78, 5) is 0. The second-order valence-electron chi connectivity index (χ2n) is 6.30. The maximum Gasteiger partial charge on any atom is 0.0596 e. The number of hydrogen-bond donors (Lipinski definition) is 1. The largest absolute Gasteiger partial charge is 0.316 e. The van der Waals surface area contributed by atoms with Gasteiger partial charge < -0.3 is 5.32 Å². The average molecular weight is 277 g/mol. The first-order valence-corrected chi connectivity index (χ1v) is 8.45. The van der Waals surface area contributed by atoms with Crippen LogP contribution >= 0.6 is 0 Å². The van der Waals surface area contributed by atoms with Crippen molar-refractivity contribution in [2.75, 3.05) is 7.05 Å². The molecule has 20 heavy (non-hydrogen) atoms. The highest BCUT2D eigenvalue weighted by Gasteiger charge is 2.22. The van der Waals surface area contributed by atoms with Gasteiger partial charge in [-0.3, -0.25) is 4.68 Å². The number of aromatic nitrogens is 2. The van der Waals surface area contributed by atoms with Crippen molar-refractivity contribution in [1.82, 2.24) is 15.1 Å². The molecule has 0 aliphatic heterocycles. The van der Waals surface area contributed by atoms with E-state index in [4.69, 9.17) is 0 Å². The van der Waals surface area contributed by atoms with Crippen molar-refractivity contribution in [2.24, 2.45) is 5.92 Å². The molecule has 1 aromatic rings. The quantitative estimate of drug-likeness (QED) is 0.889. The molecule has 0 saturated heterocycles. The number of rotatable bonds is 5. The number of likely N-dealkylation sites (N-methyl/N-ethyl adjacent to an activating group) is 1. The molecule has 0 aromatic carbocycles. The summed E-state index contributed by atoms with van der Waals surface area (Å²) in [6.07, 6.45) is 11.0. The molecule has 0 radical (unpaired) electrons. The van der Waals surface area contributed by atoms with Gasteiger partial charge in [-0.25, -0.2) is 0 Å². The number of hydrogen-bond acceptors (Lipinski definition) is 2. The molecule has 0 amide bonds. The van der Waals surface area contributed by atoms with Crippen LogP contribution in [-0.2, 0) is 13.0 Å². The molecule has 1 fully saturated rings. The SMILES string of the molecule is CCn1nc(C)cc1CC(NC)C1CCCCCCC1. The molecule has 3 nitrogen and oxygen atoms in total. The monoisotopic (exact) mass is 277 g/mol. The Labute approximate surface area is 124 Å². The molecule has 1 heterocycles. The molecule has 1 aliphatic rings. The highest BCUT2D eigenvalue weighted by Crippen LogP contribution is 2.26. The van der Waals surface area contributed by atoms with E-state index in [1.165, 1.54) is 50.6 Å². The van der Waals surface area contributed by atoms with Gasteiger partial charge in [0.1, 0.15) is 0 Å². The lowest BCUT2D eigenvalue weighted by Crippen LogP contribution is -2.36. The first kappa shape index (κ1) is 15.6. The van der Waals surface area contributed by atoms with Crippen LogP contribution in [0.25, 0.3) is 0 Å². The van der Waals surface area contributed by atoms with Gasteiger partial charge in [-0.15, -0.1) is 0 Å². The third-order valence-corrected chi connectivity index (χ3v) is 4.80. The Morgan fingerprint density at radius 2 is 1.90 bits per heavy atom. The summed E-state index contributed by atoms with van der Waals surface area (Å²) in [5.74, 6) is 0.834. The fourth-order valence-corrected chi connectivity index (χ4v) is 3.66. The highest BCUT2D eigenvalue weighted by molar-refractivity contribution is 5.11. The summed E-state index contributed by atoms with van der Waals surface area (Å²) in [6, 6.07) is 2.87. The predicted octanol–water partition coefficient (Wildman–Crippen LogP) is 3.70. The van der Waals surface area contributed by atoms with E-state index in [1.54, 1.807) is 0 Å². The molecule has 1 atom stereocenters. The van der Waals surface area contributed by atoms with Crippen molar-refractivity contribution in [3.8, 4) is 0 Å². The van der Waals surface area contributed by atoms with Gasteiger partial charge in [0.15, 0.2) is 0 Å². The Morgan fingerprint density at radius 3 is 2.50 bits per heavy atom. The van der Waals surface area contributed by atoms with Crippen molar-refractivity contribution in [2.45, 2.75) is 77.8 Å². The Hall–Kier alpha value is -0.830. The summed E-state index contributed by atoms with van der Waals surface area (Å²) in [6.45, 7) is 5.25. The second-order valence-corrected chi connectivity index (χ2v) is 6.30. The van der Waals surface area contributed by atoms with Crippen molar-refractivity contribution < 1.29 is 0 Å². The third kappa shape index (κ3) is 4.08. The molecule has 1 aromatic heterocycles. The Bertz CT molecular complexity index is 389. The Kier molecular flexibility index (Phi) is 6.08. The summed E-state index contributed by atoms with van der Waals surface area (Å²) < 4.78 is 2.17. The van der Waals surface area contributed by atoms with Gasteiger partial charge in [0, 0.05) is 24.7 Å². The van der Waals surface area contributed by atoms with Gasteiger partial charge in [0.2, 0.25) is 0 Å². The Morgan fingerprint density at radius 1 is 1.25 bits per heavy atom. The van der Waals surface area contributed by atoms with Gasteiger partial charge in [0.05, 0.1) is 5.69 Å². The summed E-state index contributed by atoms with van der Waals surface area (Å²) in [5.41, 5.74) is 2.54. The maximum absolute atomic E-state index is 4.58. The number of nitrogens with zero attached hydrogens (tertiary/aromatic N) is 2. The van der Waals surface area contributed by atoms with E-state index >= 15 is 0 Å². The van der Waals surface area contributed by atoms with E-state index in [1.807, 2.05) is 0 Å². The smallest absolute Gasteiger partial charge is 0.0596 e. The van der Waals surface area contributed by atoms with Gasteiger partial charge in [-0.1, -0.05) is 32.1 Å². The second kappa shape index (κ2) is 7.82. The van der Waals surface area contributed by atoms with E-state index in [9.17, 15) is 0 Å². The molecular weight excluding hydrogens is 246 g/mol. The molecule has 1 unspecified atom stereocenters. The zero-order valence-corrected chi connectivity index (χ0v) is 13.5. The summed E-state index contributed by atoms with van der Waals surface area (Å²) in [7, 11) is 2.13.